The number of carbonyl (C=O) groups is 1. The van der Waals surface area contributed by atoms with E-state index in [9.17, 15) is 39.6 Å². The second-order valence-corrected chi connectivity index (χ2v) is 9.79. The lowest BCUT2D eigenvalue weighted by Gasteiger charge is -2.36. The van der Waals surface area contributed by atoms with Gasteiger partial charge in [-0.1, -0.05) is 12.1 Å². The van der Waals surface area contributed by atoms with E-state index in [1.807, 2.05) is 0 Å². The van der Waals surface area contributed by atoms with Crippen molar-refractivity contribution in [2.24, 2.45) is 0 Å². The van der Waals surface area contributed by atoms with Crippen LogP contribution in [-0.2, 0) is 28.6 Å². The zero-order valence-corrected chi connectivity index (χ0v) is 19.3. The Kier molecular flexibility index (Phi) is 8.32. The number of hydrogen-bond acceptors (Lipinski definition) is 4. The van der Waals surface area contributed by atoms with Crippen molar-refractivity contribution in [3.8, 4) is 0 Å². The second kappa shape index (κ2) is 10.1. The van der Waals surface area contributed by atoms with Crippen LogP contribution < -0.4 is 5.32 Å². The summed E-state index contributed by atoms with van der Waals surface area (Å²) in [6.45, 7) is 0.756. The molecule has 0 spiro atoms. The zero-order valence-electron chi connectivity index (χ0n) is 17.7. The molecule has 34 heavy (non-hydrogen) atoms. The number of nitrogens with zero attached hydrogens (tertiary/aromatic N) is 1. The van der Waals surface area contributed by atoms with Gasteiger partial charge in [0.1, 0.15) is 0 Å². The first-order valence-electron chi connectivity index (χ1n) is 9.76. The van der Waals surface area contributed by atoms with Gasteiger partial charge in [0.15, 0.2) is 9.84 Å². The Labute approximate surface area is 198 Å². The van der Waals surface area contributed by atoms with Crippen molar-refractivity contribution in [1.29, 1.82) is 0 Å². The summed E-state index contributed by atoms with van der Waals surface area (Å²) < 4.78 is 102. The topological polar surface area (TPSA) is 66.5 Å². The smallest absolute Gasteiger partial charge is 0.333 e. The molecule has 188 valence electrons. The summed E-state index contributed by atoms with van der Waals surface area (Å²) in [6.07, 6.45) is -8.45. The lowest BCUT2D eigenvalue weighted by Crippen LogP contribution is -2.54. The van der Waals surface area contributed by atoms with Gasteiger partial charge in [0, 0.05) is 37.5 Å². The van der Waals surface area contributed by atoms with Gasteiger partial charge < -0.3 is 10.2 Å². The quantitative estimate of drug-likeness (QED) is 0.602. The maximum Gasteiger partial charge on any atom is 0.416 e. The monoisotopic (exact) mass is 530 g/mol. The molecule has 2 aromatic carbocycles. The number of amides is 1. The van der Waals surface area contributed by atoms with Gasteiger partial charge in [-0.05, 0) is 42.3 Å². The van der Waals surface area contributed by atoms with Crippen LogP contribution in [-0.4, -0.2) is 51.2 Å². The van der Waals surface area contributed by atoms with Crippen LogP contribution in [0.4, 0.5) is 26.3 Å². The number of sulfone groups is 1. The number of piperazine rings is 1. The number of halogens is 7. The van der Waals surface area contributed by atoms with Crippen LogP contribution in [0.2, 0.25) is 0 Å². The summed E-state index contributed by atoms with van der Waals surface area (Å²) in [6, 6.07) is 5.84. The van der Waals surface area contributed by atoms with E-state index < -0.39 is 55.7 Å². The van der Waals surface area contributed by atoms with Crippen LogP contribution in [0.15, 0.2) is 47.4 Å². The fraction of sp³-hybridized carbons (Fsp3) is 0.381. The summed E-state index contributed by atoms with van der Waals surface area (Å²) in [4.78, 5) is 13.8. The molecule has 0 bridgehead atoms. The molecule has 3 rings (SSSR count). The molecule has 1 fully saturated rings. The van der Waals surface area contributed by atoms with Crippen LogP contribution in [0.3, 0.4) is 0 Å². The Morgan fingerprint density at radius 2 is 1.59 bits per heavy atom. The molecule has 0 radical (unpaired) electrons. The Morgan fingerprint density at radius 1 is 1.00 bits per heavy atom. The van der Waals surface area contributed by atoms with Crippen molar-refractivity contribution in [2.75, 3.05) is 25.9 Å². The first-order chi connectivity index (χ1) is 15.2. The summed E-state index contributed by atoms with van der Waals surface area (Å²) in [5.41, 5.74) is -2.00. The van der Waals surface area contributed by atoms with Crippen molar-refractivity contribution in [3.05, 3.63) is 64.7 Å². The van der Waals surface area contributed by atoms with Crippen LogP contribution in [0.25, 0.3) is 0 Å². The lowest BCUT2D eigenvalue weighted by molar-refractivity contribution is -0.138. The fourth-order valence-electron chi connectivity index (χ4n) is 3.58. The molecule has 1 amide bonds. The molecule has 1 heterocycles. The molecule has 1 atom stereocenters. The summed E-state index contributed by atoms with van der Waals surface area (Å²) in [5, 5.41) is 3.05. The van der Waals surface area contributed by atoms with Crippen molar-refractivity contribution >= 4 is 28.2 Å². The van der Waals surface area contributed by atoms with Crippen LogP contribution in [0.5, 0.6) is 0 Å². The van der Waals surface area contributed by atoms with E-state index in [1.54, 1.807) is 0 Å². The van der Waals surface area contributed by atoms with Gasteiger partial charge in [0.05, 0.1) is 16.0 Å². The number of rotatable bonds is 4. The number of alkyl halides is 6. The molecule has 2 aromatic rings. The first kappa shape index (κ1) is 27.9. The van der Waals surface area contributed by atoms with E-state index in [1.165, 1.54) is 17.0 Å². The van der Waals surface area contributed by atoms with Crippen molar-refractivity contribution in [1.82, 2.24) is 10.2 Å². The molecule has 1 saturated heterocycles. The summed E-state index contributed by atoms with van der Waals surface area (Å²) >= 11 is 0. The summed E-state index contributed by atoms with van der Waals surface area (Å²) in [5.74, 6) is -0.788. The Morgan fingerprint density at radius 3 is 2.12 bits per heavy atom. The third kappa shape index (κ3) is 6.63. The highest BCUT2D eigenvalue weighted by Crippen LogP contribution is 2.33. The van der Waals surface area contributed by atoms with Gasteiger partial charge in [-0.25, -0.2) is 8.42 Å². The maximum absolute atomic E-state index is 13.3. The normalized spacial score (nSPS) is 17.3. The number of hydrogen-bond donors (Lipinski definition) is 1. The SMILES string of the molecule is CS(=O)(=O)c1cc(C(=O)N2CCNC[C@H]2Cc2ccc(C(F)(F)F)cc2)cc(C(F)(F)F)c1.Cl. The molecule has 0 saturated carbocycles. The van der Waals surface area contributed by atoms with E-state index in [0.717, 1.165) is 24.5 Å². The zero-order chi connectivity index (χ0) is 24.6. The minimum atomic E-state index is -4.86. The molecule has 13 heteroatoms. The second-order valence-electron chi connectivity index (χ2n) is 7.77. The molecule has 1 aliphatic rings. The molecule has 1 aliphatic heterocycles. The van der Waals surface area contributed by atoms with Crippen molar-refractivity contribution in [3.63, 3.8) is 0 Å². The van der Waals surface area contributed by atoms with Gasteiger partial charge in [-0.2, -0.15) is 26.3 Å². The van der Waals surface area contributed by atoms with Gasteiger partial charge in [-0.3, -0.25) is 4.79 Å². The minimum Gasteiger partial charge on any atom is -0.333 e. The Balaban J connectivity index is 0.00000408. The highest BCUT2D eigenvalue weighted by Gasteiger charge is 2.35. The number of benzene rings is 2. The third-order valence-corrected chi connectivity index (χ3v) is 6.36. The predicted octanol–water partition coefficient (Wildman–Crippen LogP) is 4.21. The fourth-order valence-corrected chi connectivity index (χ4v) is 4.26. The lowest BCUT2D eigenvalue weighted by atomic mass is 10.00. The standard InChI is InChI=1S/C21H20F6N2O3S.ClH/c1-33(31,32)18-10-14(9-16(11-18)21(25,26)27)19(30)29-7-6-28-12-17(29)8-13-2-4-15(5-3-13)20(22,23)24;/h2-5,9-11,17,28H,6-8,12H2,1H3;1H/t17-;/m1./s1. The highest BCUT2D eigenvalue weighted by atomic mass is 35.5. The van der Waals surface area contributed by atoms with Crippen LogP contribution in [0.1, 0.15) is 27.0 Å². The molecule has 0 unspecified atom stereocenters. The van der Waals surface area contributed by atoms with E-state index in [0.29, 0.717) is 24.2 Å². The van der Waals surface area contributed by atoms with Gasteiger partial charge >= 0.3 is 12.4 Å². The largest absolute Gasteiger partial charge is 0.416 e. The van der Waals surface area contributed by atoms with Gasteiger partial charge in [-0.15, -0.1) is 12.4 Å². The van der Waals surface area contributed by atoms with Crippen molar-refractivity contribution < 1.29 is 39.6 Å². The number of carbonyl (C=O) groups excluding carboxylic acids is 1. The maximum atomic E-state index is 13.3. The molecule has 5 nitrogen and oxygen atoms in total. The van der Waals surface area contributed by atoms with E-state index >= 15 is 0 Å². The molecule has 0 aromatic heterocycles. The van der Waals surface area contributed by atoms with Crippen molar-refractivity contribution in [2.45, 2.75) is 29.7 Å². The third-order valence-electron chi connectivity index (χ3n) is 5.27. The Bertz CT molecular complexity index is 1130. The van der Waals surface area contributed by atoms with E-state index in [4.69, 9.17) is 0 Å². The summed E-state index contributed by atoms with van der Waals surface area (Å²) in [7, 11) is -4.03. The average molecular weight is 531 g/mol. The van der Waals surface area contributed by atoms with E-state index in [-0.39, 0.29) is 31.9 Å². The van der Waals surface area contributed by atoms with Gasteiger partial charge in [0.25, 0.3) is 5.91 Å². The van der Waals surface area contributed by atoms with Crippen LogP contribution >= 0.6 is 12.4 Å². The highest BCUT2D eigenvalue weighted by molar-refractivity contribution is 7.90. The molecule has 1 N–H and O–H groups in total. The molecular weight excluding hydrogens is 510 g/mol. The van der Waals surface area contributed by atoms with Crippen LogP contribution in [0, 0.1) is 0 Å². The van der Waals surface area contributed by atoms with E-state index in [2.05, 4.69) is 5.32 Å². The first-order valence-corrected chi connectivity index (χ1v) is 11.7. The predicted molar refractivity (Wildman–Crippen MR) is 115 cm³/mol. The number of nitrogens with one attached hydrogen (secondary N) is 1. The average Bonchev–Trinajstić information content (AvgIpc) is 2.72. The Hall–Kier alpha value is -2.31. The molecule has 0 aliphatic carbocycles. The minimum absolute atomic E-state index is 0. The molecular formula is C21H21ClF6N2O3S. The van der Waals surface area contributed by atoms with Gasteiger partial charge in [0.2, 0.25) is 0 Å².